The molecule has 1 aromatic heterocycles. The molecule has 1 aromatic rings. The Kier molecular flexibility index (Phi) is 7.11. The van der Waals surface area contributed by atoms with Crippen molar-refractivity contribution in [1.29, 1.82) is 0 Å². The maximum absolute atomic E-state index is 5.56. The fourth-order valence-electron chi connectivity index (χ4n) is 4.83. The van der Waals surface area contributed by atoms with Crippen molar-refractivity contribution < 1.29 is 9.47 Å². The van der Waals surface area contributed by atoms with Gasteiger partial charge in [-0.1, -0.05) is 13.8 Å². The minimum absolute atomic E-state index is 0.453. The van der Waals surface area contributed by atoms with Gasteiger partial charge in [-0.15, -0.1) is 0 Å². The Morgan fingerprint density at radius 3 is 1.58 bits per heavy atom. The highest BCUT2D eigenvalue weighted by Crippen LogP contribution is 2.37. The first kappa shape index (κ1) is 19.8. The van der Waals surface area contributed by atoms with Crippen LogP contribution in [0.4, 0.5) is 0 Å². The molecule has 2 saturated carbocycles. The van der Waals surface area contributed by atoms with Gasteiger partial charge in [-0.05, 0) is 81.4 Å². The maximum atomic E-state index is 5.56. The van der Waals surface area contributed by atoms with Crippen LogP contribution in [0.15, 0.2) is 12.1 Å². The summed E-state index contributed by atoms with van der Waals surface area (Å²) in [6.07, 6.45) is 11.6. The van der Waals surface area contributed by atoms with E-state index < -0.39 is 0 Å². The molecule has 0 saturated heterocycles. The molecule has 2 fully saturated rings. The quantitative estimate of drug-likeness (QED) is 0.660. The molecule has 0 unspecified atom stereocenters. The molecule has 146 valence electrons. The highest BCUT2D eigenvalue weighted by molar-refractivity contribution is 5.27. The molecule has 1 heterocycles. The van der Waals surface area contributed by atoms with E-state index in [1.54, 1.807) is 0 Å². The molecule has 0 radical (unpaired) electrons. The summed E-state index contributed by atoms with van der Waals surface area (Å²) in [4.78, 5) is 5.21. The predicted molar refractivity (Wildman–Crippen MR) is 107 cm³/mol. The molecule has 0 N–H and O–H groups in total. The number of aromatic nitrogens is 1. The van der Waals surface area contributed by atoms with Gasteiger partial charge in [-0.3, -0.25) is 4.98 Å². The van der Waals surface area contributed by atoms with E-state index in [1.807, 2.05) is 14.2 Å². The average Bonchev–Trinajstić information content (AvgIpc) is 2.67. The van der Waals surface area contributed by atoms with Gasteiger partial charge in [-0.2, -0.15) is 0 Å². The van der Waals surface area contributed by atoms with Crippen molar-refractivity contribution in [2.75, 3.05) is 14.2 Å². The zero-order valence-corrected chi connectivity index (χ0v) is 17.2. The third kappa shape index (κ3) is 5.07. The van der Waals surface area contributed by atoms with E-state index in [1.165, 1.54) is 68.3 Å². The van der Waals surface area contributed by atoms with E-state index in [0.717, 1.165) is 6.42 Å². The van der Waals surface area contributed by atoms with Crippen molar-refractivity contribution in [1.82, 2.24) is 4.98 Å². The molecule has 0 bridgehead atoms. The summed E-state index contributed by atoms with van der Waals surface area (Å²) in [5.41, 5.74) is 4.19. The fraction of sp³-hybridized carbons (Fsp3) is 0.783. The van der Waals surface area contributed by atoms with E-state index >= 15 is 0 Å². The molecule has 0 atom stereocenters. The lowest BCUT2D eigenvalue weighted by molar-refractivity contribution is 0.0646. The lowest BCUT2D eigenvalue weighted by Gasteiger charge is -2.30. The number of hydrogen-bond acceptors (Lipinski definition) is 3. The van der Waals surface area contributed by atoms with Crippen molar-refractivity contribution in [3.05, 3.63) is 29.1 Å². The third-order valence-corrected chi connectivity index (χ3v) is 6.42. The summed E-state index contributed by atoms with van der Waals surface area (Å²) in [6, 6.07) is 4.81. The van der Waals surface area contributed by atoms with Crippen molar-refractivity contribution in [3.8, 4) is 0 Å². The van der Waals surface area contributed by atoms with Gasteiger partial charge in [0.15, 0.2) is 0 Å². The van der Waals surface area contributed by atoms with E-state index in [9.17, 15) is 0 Å². The van der Waals surface area contributed by atoms with Gasteiger partial charge in [0.1, 0.15) is 0 Å². The standard InChI is InChI=1S/C23H37NO2/c1-16(2)13-17-14-22(18-5-9-20(25-3)10-6-18)24-23(15-17)19-7-11-21(26-4)12-8-19/h14-16,18-21H,5-13H2,1-4H3. The van der Waals surface area contributed by atoms with Crippen LogP contribution < -0.4 is 0 Å². The van der Waals surface area contributed by atoms with E-state index in [2.05, 4.69) is 26.0 Å². The maximum Gasteiger partial charge on any atom is 0.0571 e. The van der Waals surface area contributed by atoms with Crippen LogP contribution in [0, 0.1) is 5.92 Å². The number of rotatable bonds is 6. The molecule has 0 amide bonds. The van der Waals surface area contributed by atoms with Crippen LogP contribution in [0.5, 0.6) is 0 Å². The Labute approximate surface area is 159 Å². The highest BCUT2D eigenvalue weighted by Gasteiger charge is 2.27. The molecule has 2 aliphatic carbocycles. The Morgan fingerprint density at radius 1 is 0.808 bits per heavy atom. The Bertz CT molecular complexity index is 513. The first-order valence-corrected chi connectivity index (χ1v) is 10.6. The highest BCUT2D eigenvalue weighted by atomic mass is 16.5. The topological polar surface area (TPSA) is 31.4 Å². The van der Waals surface area contributed by atoms with Crippen molar-refractivity contribution in [2.45, 2.75) is 95.7 Å². The van der Waals surface area contributed by atoms with Gasteiger partial charge in [-0.25, -0.2) is 0 Å². The molecule has 3 heteroatoms. The molecule has 26 heavy (non-hydrogen) atoms. The fourth-order valence-corrected chi connectivity index (χ4v) is 4.83. The van der Waals surface area contributed by atoms with Gasteiger partial charge in [0.2, 0.25) is 0 Å². The van der Waals surface area contributed by atoms with Crippen molar-refractivity contribution >= 4 is 0 Å². The van der Waals surface area contributed by atoms with Crippen LogP contribution in [0.2, 0.25) is 0 Å². The Balaban J connectivity index is 1.78. The van der Waals surface area contributed by atoms with Crippen LogP contribution in [-0.2, 0) is 15.9 Å². The number of ether oxygens (including phenoxy) is 2. The lowest BCUT2D eigenvalue weighted by Crippen LogP contribution is -2.22. The lowest BCUT2D eigenvalue weighted by atomic mass is 9.82. The van der Waals surface area contributed by atoms with Gasteiger partial charge >= 0.3 is 0 Å². The van der Waals surface area contributed by atoms with Crippen molar-refractivity contribution in [2.24, 2.45) is 5.92 Å². The summed E-state index contributed by atoms with van der Waals surface area (Å²) in [6.45, 7) is 4.63. The second-order valence-electron chi connectivity index (χ2n) is 8.84. The SMILES string of the molecule is COC1CCC(c2cc(CC(C)C)cc(C3CCC(OC)CC3)n2)CC1. The third-order valence-electron chi connectivity index (χ3n) is 6.42. The zero-order valence-electron chi connectivity index (χ0n) is 17.2. The van der Waals surface area contributed by atoms with Gasteiger partial charge in [0.25, 0.3) is 0 Å². The summed E-state index contributed by atoms with van der Waals surface area (Å²) in [5.74, 6) is 1.91. The van der Waals surface area contributed by atoms with E-state index in [-0.39, 0.29) is 0 Å². The monoisotopic (exact) mass is 359 g/mol. The molecular weight excluding hydrogens is 322 g/mol. The van der Waals surface area contributed by atoms with Crippen LogP contribution in [0.1, 0.15) is 94.0 Å². The largest absolute Gasteiger partial charge is 0.381 e. The van der Waals surface area contributed by atoms with Crippen LogP contribution in [0.3, 0.4) is 0 Å². The van der Waals surface area contributed by atoms with E-state index in [0.29, 0.717) is 30.0 Å². The van der Waals surface area contributed by atoms with E-state index in [4.69, 9.17) is 14.5 Å². The summed E-state index contributed by atoms with van der Waals surface area (Å²) < 4.78 is 11.1. The van der Waals surface area contributed by atoms with Gasteiger partial charge < -0.3 is 9.47 Å². The molecule has 0 aromatic carbocycles. The summed E-state index contributed by atoms with van der Waals surface area (Å²) in [7, 11) is 3.70. The molecule has 3 nitrogen and oxygen atoms in total. The Morgan fingerprint density at radius 2 is 1.23 bits per heavy atom. The molecule has 0 spiro atoms. The molecular formula is C23H37NO2. The minimum atomic E-state index is 0.453. The first-order chi connectivity index (χ1) is 12.6. The van der Waals surface area contributed by atoms with Crippen LogP contribution >= 0.6 is 0 Å². The van der Waals surface area contributed by atoms with Gasteiger partial charge in [0, 0.05) is 37.4 Å². The Hall–Kier alpha value is -0.930. The minimum Gasteiger partial charge on any atom is -0.381 e. The normalized spacial score (nSPS) is 29.9. The van der Waals surface area contributed by atoms with Crippen molar-refractivity contribution in [3.63, 3.8) is 0 Å². The summed E-state index contributed by atoms with van der Waals surface area (Å²) >= 11 is 0. The average molecular weight is 360 g/mol. The van der Waals surface area contributed by atoms with Gasteiger partial charge in [0.05, 0.1) is 12.2 Å². The number of nitrogens with zero attached hydrogens (tertiary/aromatic N) is 1. The van der Waals surface area contributed by atoms with Crippen LogP contribution in [-0.4, -0.2) is 31.4 Å². The summed E-state index contributed by atoms with van der Waals surface area (Å²) in [5, 5.41) is 0. The molecule has 2 aliphatic rings. The second kappa shape index (κ2) is 9.32. The number of hydrogen-bond donors (Lipinski definition) is 0. The first-order valence-electron chi connectivity index (χ1n) is 10.6. The molecule has 3 rings (SSSR count). The zero-order chi connectivity index (χ0) is 18.5. The number of pyridine rings is 1. The van der Waals surface area contributed by atoms with Crippen LogP contribution in [0.25, 0.3) is 0 Å². The molecule has 0 aliphatic heterocycles. The second-order valence-corrected chi connectivity index (χ2v) is 8.84. The number of methoxy groups -OCH3 is 2. The predicted octanol–water partition coefficient (Wildman–Crippen LogP) is 5.63. The smallest absolute Gasteiger partial charge is 0.0571 e.